The third kappa shape index (κ3) is 6.82. The van der Waals surface area contributed by atoms with Crippen LogP contribution in [0.3, 0.4) is 0 Å². The van der Waals surface area contributed by atoms with Crippen LogP contribution in [0, 0.1) is 0 Å². The second-order valence-corrected chi connectivity index (χ2v) is 9.86. The smallest absolute Gasteiger partial charge is 0.213 e. The van der Waals surface area contributed by atoms with E-state index >= 15 is 0 Å². The van der Waals surface area contributed by atoms with Crippen LogP contribution in [-0.2, 0) is 19.9 Å². The minimum absolute atomic E-state index is 0.0620. The van der Waals surface area contributed by atoms with Gasteiger partial charge < -0.3 is 0 Å². The molecule has 0 aliphatic heterocycles. The van der Waals surface area contributed by atoms with Crippen molar-refractivity contribution in [1.82, 2.24) is 4.72 Å². The first-order valence-corrected chi connectivity index (χ1v) is 9.32. The lowest BCUT2D eigenvalue weighted by atomic mass is 10.0. The standard InChI is InChI=1S/C8H18BrNO4S2/c1-7(9)8(2,3)10-16(13,14)6-5-15(4,11)12/h7,10H,5-6H2,1-4H3. The maximum absolute atomic E-state index is 11.6. The molecule has 0 spiro atoms. The summed E-state index contributed by atoms with van der Waals surface area (Å²) < 4.78 is 47.4. The molecular weight excluding hydrogens is 318 g/mol. The van der Waals surface area contributed by atoms with Gasteiger partial charge in [-0.2, -0.15) is 0 Å². The Morgan fingerprint density at radius 1 is 1.19 bits per heavy atom. The molecule has 0 fully saturated rings. The average Bonchev–Trinajstić information content (AvgIpc) is 1.97. The van der Waals surface area contributed by atoms with E-state index < -0.39 is 31.2 Å². The van der Waals surface area contributed by atoms with Crippen molar-refractivity contribution >= 4 is 35.8 Å². The predicted molar refractivity (Wildman–Crippen MR) is 69.1 cm³/mol. The zero-order valence-electron chi connectivity index (χ0n) is 9.82. The molecule has 0 aromatic heterocycles. The van der Waals surface area contributed by atoms with Gasteiger partial charge in [-0.1, -0.05) is 22.9 Å². The van der Waals surface area contributed by atoms with E-state index in [0.29, 0.717) is 0 Å². The van der Waals surface area contributed by atoms with Crippen molar-refractivity contribution < 1.29 is 16.8 Å². The van der Waals surface area contributed by atoms with Crippen LogP contribution in [0.15, 0.2) is 0 Å². The Labute approximate surface area is 106 Å². The molecule has 0 radical (unpaired) electrons. The maximum atomic E-state index is 11.6. The normalized spacial score (nSPS) is 16.1. The monoisotopic (exact) mass is 335 g/mol. The zero-order valence-corrected chi connectivity index (χ0v) is 13.0. The molecule has 98 valence electrons. The van der Waals surface area contributed by atoms with Crippen molar-refractivity contribution in [2.24, 2.45) is 0 Å². The number of hydrogen-bond acceptors (Lipinski definition) is 4. The predicted octanol–water partition coefficient (Wildman–Crippen LogP) is 0.512. The summed E-state index contributed by atoms with van der Waals surface area (Å²) in [4.78, 5) is -0.0620. The molecule has 0 rings (SSSR count). The number of sulfonamides is 1. The lowest BCUT2D eigenvalue weighted by Gasteiger charge is -2.28. The molecule has 5 nitrogen and oxygen atoms in total. The topological polar surface area (TPSA) is 80.3 Å². The summed E-state index contributed by atoms with van der Waals surface area (Å²) in [6.45, 7) is 5.27. The van der Waals surface area contributed by atoms with Gasteiger partial charge >= 0.3 is 0 Å². The van der Waals surface area contributed by atoms with Gasteiger partial charge in [0.15, 0.2) is 0 Å². The van der Waals surface area contributed by atoms with Crippen LogP contribution >= 0.6 is 15.9 Å². The SMILES string of the molecule is CC(Br)C(C)(C)NS(=O)(=O)CCS(C)(=O)=O. The summed E-state index contributed by atoms with van der Waals surface area (Å²) >= 11 is 3.29. The summed E-state index contributed by atoms with van der Waals surface area (Å²) in [6, 6.07) is 0. The van der Waals surface area contributed by atoms with Gasteiger partial charge in [-0.15, -0.1) is 0 Å². The van der Waals surface area contributed by atoms with Gasteiger partial charge in [-0.05, 0) is 13.8 Å². The van der Waals surface area contributed by atoms with Gasteiger partial charge in [0.05, 0.1) is 11.5 Å². The van der Waals surface area contributed by atoms with Crippen molar-refractivity contribution in [3.05, 3.63) is 0 Å². The Balaban J connectivity index is 4.61. The molecular formula is C8H18BrNO4S2. The number of hydrogen-bond donors (Lipinski definition) is 1. The highest BCUT2D eigenvalue weighted by atomic mass is 79.9. The second kappa shape index (κ2) is 5.32. The molecule has 16 heavy (non-hydrogen) atoms. The Kier molecular flexibility index (Phi) is 5.44. The van der Waals surface area contributed by atoms with E-state index in [4.69, 9.17) is 0 Å². The number of sulfone groups is 1. The fourth-order valence-electron chi connectivity index (χ4n) is 0.794. The Hall–Kier alpha value is 0.340. The van der Waals surface area contributed by atoms with E-state index in [1.807, 2.05) is 6.92 Å². The summed E-state index contributed by atoms with van der Waals surface area (Å²) in [5.41, 5.74) is -0.656. The van der Waals surface area contributed by atoms with Crippen LogP contribution < -0.4 is 4.72 Å². The third-order valence-electron chi connectivity index (χ3n) is 2.14. The van der Waals surface area contributed by atoms with Crippen molar-refractivity contribution in [2.75, 3.05) is 17.8 Å². The molecule has 0 aliphatic carbocycles. The van der Waals surface area contributed by atoms with Crippen LogP contribution in [0.5, 0.6) is 0 Å². The summed E-state index contributed by atoms with van der Waals surface area (Å²) in [7, 11) is -6.84. The molecule has 1 atom stereocenters. The maximum Gasteiger partial charge on any atom is 0.213 e. The Morgan fingerprint density at radius 3 is 1.94 bits per heavy atom. The first kappa shape index (κ1) is 16.3. The molecule has 0 saturated carbocycles. The van der Waals surface area contributed by atoms with Gasteiger partial charge in [-0.3, -0.25) is 0 Å². The van der Waals surface area contributed by atoms with E-state index in [-0.39, 0.29) is 10.6 Å². The second-order valence-electron chi connectivity index (χ2n) is 4.39. The van der Waals surface area contributed by atoms with E-state index in [0.717, 1.165) is 6.26 Å². The molecule has 8 heteroatoms. The first-order chi connectivity index (χ1) is 6.86. The van der Waals surface area contributed by atoms with Crippen molar-refractivity contribution in [3.63, 3.8) is 0 Å². The van der Waals surface area contributed by atoms with Crippen LogP contribution in [0.25, 0.3) is 0 Å². The van der Waals surface area contributed by atoms with Crippen LogP contribution in [0.4, 0.5) is 0 Å². The first-order valence-electron chi connectivity index (χ1n) is 4.69. The summed E-state index contributed by atoms with van der Waals surface area (Å²) in [5, 5.41) is 0. The van der Waals surface area contributed by atoms with E-state index in [9.17, 15) is 16.8 Å². The van der Waals surface area contributed by atoms with E-state index in [2.05, 4.69) is 20.7 Å². The zero-order chi connectivity index (χ0) is 13.2. The largest absolute Gasteiger partial charge is 0.229 e. The van der Waals surface area contributed by atoms with Gasteiger partial charge in [0.25, 0.3) is 0 Å². The lowest BCUT2D eigenvalue weighted by Crippen LogP contribution is -2.50. The van der Waals surface area contributed by atoms with Gasteiger partial charge in [-0.25, -0.2) is 21.6 Å². The highest BCUT2D eigenvalue weighted by Gasteiger charge is 2.29. The van der Waals surface area contributed by atoms with Crippen molar-refractivity contribution in [2.45, 2.75) is 31.1 Å². The van der Waals surface area contributed by atoms with E-state index in [1.54, 1.807) is 13.8 Å². The quantitative estimate of drug-likeness (QED) is 0.717. The molecule has 0 saturated heterocycles. The highest BCUT2D eigenvalue weighted by molar-refractivity contribution is 9.09. The van der Waals surface area contributed by atoms with Gasteiger partial charge in [0.2, 0.25) is 10.0 Å². The molecule has 1 unspecified atom stereocenters. The highest BCUT2D eigenvalue weighted by Crippen LogP contribution is 2.17. The summed E-state index contributed by atoms with van der Waals surface area (Å²) in [5.74, 6) is -0.774. The molecule has 1 N–H and O–H groups in total. The minimum atomic E-state index is -3.58. The molecule has 0 aliphatic rings. The molecule has 0 heterocycles. The fourth-order valence-corrected chi connectivity index (χ4v) is 4.23. The van der Waals surface area contributed by atoms with Crippen LogP contribution in [-0.4, -0.2) is 45.0 Å². The van der Waals surface area contributed by atoms with E-state index in [1.165, 1.54) is 0 Å². The van der Waals surface area contributed by atoms with Gasteiger partial charge in [0.1, 0.15) is 9.84 Å². The Bertz CT molecular complexity index is 425. The van der Waals surface area contributed by atoms with Crippen LogP contribution in [0.2, 0.25) is 0 Å². The van der Waals surface area contributed by atoms with Gasteiger partial charge in [0, 0.05) is 16.6 Å². The van der Waals surface area contributed by atoms with Crippen molar-refractivity contribution in [3.8, 4) is 0 Å². The number of rotatable bonds is 6. The fraction of sp³-hybridized carbons (Fsp3) is 1.00. The number of alkyl halides is 1. The van der Waals surface area contributed by atoms with Crippen LogP contribution in [0.1, 0.15) is 20.8 Å². The molecule has 0 aromatic rings. The third-order valence-corrected chi connectivity index (χ3v) is 6.06. The molecule has 0 bridgehead atoms. The molecule has 0 amide bonds. The minimum Gasteiger partial charge on any atom is -0.229 e. The van der Waals surface area contributed by atoms with Crippen molar-refractivity contribution in [1.29, 1.82) is 0 Å². The lowest BCUT2D eigenvalue weighted by molar-refractivity contribution is 0.454. The number of nitrogens with one attached hydrogen (secondary N) is 1. The summed E-state index contributed by atoms with van der Waals surface area (Å²) in [6.07, 6.45) is 1.01. The molecule has 0 aromatic carbocycles. The number of halogens is 1. The Morgan fingerprint density at radius 2 is 1.62 bits per heavy atom. The average molecular weight is 336 g/mol.